The van der Waals surface area contributed by atoms with E-state index in [0.717, 1.165) is 12.0 Å². The molecule has 2 heteroatoms. The highest BCUT2D eigenvalue weighted by molar-refractivity contribution is 4.79. The molecule has 0 amide bonds. The van der Waals surface area contributed by atoms with Crippen LogP contribution in [-0.4, -0.2) is 37.1 Å². The van der Waals surface area contributed by atoms with Crippen LogP contribution in [0.3, 0.4) is 0 Å². The van der Waals surface area contributed by atoms with Gasteiger partial charge in [0.25, 0.3) is 0 Å². The first kappa shape index (κ1) is 13.0. The highest BCUT2D eigenvalue weighted by atomic mass is 15.2. The Morgan fingerprint density at radius 3 is 2.80 bits per heavy atom. The van der Waals surface area contributed by atoms with Gasteiger partial charge in [-0.2, -0.15) is 0 Å². The van der Waals surface area contributed by atoms with Crippen LogP contribution in [-0.2, 0) is 0 Å². The summed E-state index contributed by atoms with van der Waals surface area (Å²) in [6.07, 6.45) is 5.46. The van der Waals surface area contributed by atoms with Gasteiger partial charge in [-0.05, 0) is 38.3 Å². The number of likely N-dealkylation sites (tertiary alicyclic amines) is 1. The fourth-order valence-electron chi connectivity index (χ4n) is 2.45. The first-order valence-electron chi connectivity index (χ1n) is 6.68. The smallest absolute Gasteiger partial charge is 0.0220 e. The van der Waals surface area contributed by atoms with Crippen LogP contribution in [0.1, 0.15) is 46.5 Å². The minimum Gasteiger partial charge on any atom is -0.315 e. The van der Waals surface area contributed by atoms with E-state index in [0.29, 0.717) is 0 Å². The van der Waals surface area contributed by atoms with E-state index in [4.69, 9.17) is 0 Å². The monoisotopic (exact) mass is 212 g/mol. The summed E-state index contributed by atoms with van der Waals surface area (Å²) in [5.41, 5.74) is 0. The van der Waals surface area contributed by atoms with Crippen LogP contribution >= 0.6 is 0 Å². The second-order valence-corrected chi connectivity index (χ2v) is 5.24. The molecule has 1 aliphatic heterocycles. The van der Waals surface area contributed by atoms with E-state index in [9.17, 15) is 0 Å². The zero-order chi connectivity index (χ0) is 11.1. The van der Waals surface area contributed by atoms with Gasteiger partial charge in [0, 0.05) is 19.1 Å². The zero-order valence-corrected chi connectivity index (χ0v) is 10.8. The zero-order valence-electron chi connectivity index (χ0n) is 10.8. The highest BCUT2D eigenvalue weighted by Gasteiger charge is 2.21. The Bertz CT molecular complexity index is 157. The fourth-order valence-corrected chi connectivity index (χ4v) is 2.45. The summed E-state index contributed by atoms with van der Waals surface area (Å²) in [6, 6.07) is 0.799. The van der Waals surface area contributed by atoms with Gasteiger partial charge in [0.1, 0.15) is 0 Å². The van der Waals surface area contributed by atoms with E-state index >= 15 is 0 Å². The molecule has 1 N–H and O–H groups in total. The van der Waals surface area contributed by atoms with Gasteiger partial charge in [-0.25, -0.2) is 0 Å². The van der Waals surface area contributed by atoms with Gasteiger partial charge in [-0.1, -0.05) is 27.2 Å². The van der Waals surface area contributed by atoms with Gasteiger partial charge < -0.3 is 5.32 Å². The van der Waals surface area contributed by atoms with Gasteiger partial charge in [-0.3, -0.25) is 4.90 Å². The largest absolute Gasteiger partial charge is 0.315 e. The van der Waals surface area contributed by atoms with Crippen LogP contribution in [0.5, 0.6) is 0 Å². The molecule has 1 unspecified atom stereocenters. The predicted octanol–water partition coefficient (Wildman–Crippen LogP) is 2.50. The SMILES string of the molecule is CCCNCC1CCCCN1CC(C)C. The second kappa shape index (κ2) is 7.24. The highest BCUT2D eigenvalue weighted by Crippen LogP contribution is 2.17. The van der Waals surface area contributed by atoms with E-state index < -0.39 is 0 Å². The van der Waals surface area contributed by atoms with Crippen molar-refractivity contribution in [1.82, 2.24) is 10.2 Å². The van der Waals surface area contributed by atoms with Crippen molar-refractivity contribution >= 4 is 0 Å². The second-order valence-electron chi connectivity index (χ2n) is 5.24. The molecule has 1 aliphatic rings. The van der Waals surface area contributed by atoms with E-state index in [-0.39, 0.29) is 0 Å². The Kier molecular flexibility index (Phi) is 6.26. The average Bonchev–Trinajstić information content (AvgIpc) is 2.20. The maximum Gasteiger partial charge on any atom is 0.0220 e. The minimum absolute atomic E-state index is 0.799. The Morgan fingerprint density at radius 1 is 1.33 bits per heavy atom. The van der Waals surface area contributed by atoms with Crippen molar-refractivity contribution < 1.29 is 0 Å². The van der Waals surface area contributed by atoms with Crippen molar-refractivity contribution in [2.45, 2.75) is 52.5 Å². The molecule has 1 rings (SSSR count). The molecule has 1 atom stereocenters. The van der Waals surface area contributed by atoms with E-state index in [1.54, 1.807) is 0 Å². The Balaban J connectivity index is 2.29. The van der Waals surface area contributed by atoms with Crippen LogP contribution in [0.15, 0.2) is 0 Å². The third kappa shape index (κ3) is 4.98. The van der Waals surface area contributed by atoms with E-state index in [2.05, 4.69) is 31.0 Å². The van der Waals surface area contributed by atoms with Gasteiger partial charge in [-0.15, -0.1) is 0 Å². The molecular formula is C13H28N2. The van der Waals surface area contributed by atoms with Crippen LogP contribution in [0.25, 0.3) is 0 Å². The molecule has 0 aromatic heterocycles. The van der Waals surface area contributed by atoms with Crippen LogP contribution in [0.2, 0.25) is 0 Å². The molecule has 0 radical (unpaired) electrons. The standard InChI is InChI=1S/C13H28N2/c1-4-8-14-10-13-7-5-6-9-15(13)11-12(2)3/h12-14H,4-11H2,1-3H3. The molecule has 0 saturated carbocycles. The number of hydrogen-bond acceptors (Lipinski definition) is 2. The number of piperidine rings is 1. The van der Waals surface area contributed by atoms with Gasteiger partial charge in [0.15, 0.2) is 0 Å². The topological polar surface area (TPSA) is 15.3 Å². The fraction of sp³-hybridized carbons (Fsp3) is 1.00. The maximum absolute atomic E-state index is 3.57. The predicted molar refractivity (Wildman–Crippen MR) is 67.2 cm³/mol. The van der Waals surface area contributed by atoms with Crippen molar-refractivity contribution in [3.63, 3.8) is 0 Å². The van der Waals surface area contributed by atoms with Crippen molar-refractivity contribution in [1.29, 1.82) is 0 Å². The lowest BCUT2D eigenvalue weighted by atomic mass is 10.0. The molecule has 0 bridgehead atoms. The molecule has 15 heavy (non-hydrogen) atoms. The quantitative estimate of drug-likeness (QED) is 0.681. The number of rotatable bonds is 6. The summed E-state index contributed by atoms with van der Waals surface area (Å²) < 4.78 is 0. The molecule has 0 aromatic carbocycles. The summed E-state index contributed by atoms with van der Waals surface area (Å²) in [7, 11) is 0. The first-order valence-corrected chi connectivity index (χ1v) is 6.68. The molecule has 2 nitrogen and oxygen atoms in total. The number of nitrogens with zero attached hydrogens (tertiary/aromatic N) is 1. The summed E-state index contributed by atoms with van der Waals surface area (Å²) in [5, 5.41) is 3.57. The number of nitrogens with one attached hydrogen (secondary N) is 1. The first-order chi connectivity index (χ1) is 7.24. The molecular weight excluding hydrogens is 184 g/mol. The van der Waals surface area contributed by atoms with Gasteiger partial charge >= 0.3 is 0 Å². The maximum atomic E-state index is 3.57. The van der Waals surface area contributed by atoms with Crippen molar-refractivity contribution in [3.05, 3.63) is 0 Å². The third-order valence-corrected chi connectivity index (χ3v) is 3.16. The van der Waals surface area contributed by atoms with Crippen molar-refractivity contribution in [2.75, 3.05) is 26.2 Å². The lowest BCUT2D eigenvalue weighted by Gasteiger charge is -2.37. The van der Waals surface area contributed by atoms with Crippen LogP contribution in [0.4, 0.5) is 0 Å². The molecule has 0 aliphatic carbocycles. The van der Waals surface area contributed by atoms with Gasteiger partial charge in [0.2, 0.25) is 0 Å². The molecule has 0 spiro atoms. The molecule has 1 heterocycles. The van der Waals surface area contributed by atoms with Crippen LogP contribution in [0, 0.1) is 5.92 Å². The molecule has 1 saturated heterocycles. The van der Waals surface area contributed by atoms with Gasteiger partial charge in [0.05, 0.1) is 0 Å². The molecule has 90 valence electrons. The minimum atomic E-state index is 0.799. The third-order valence-electron chi connectivity index (χ3n) is 3.16. The lowest BCUT2D eigenvalue weighted by Crippen LogP contribution is -2.46. The number of hydrogen-bond donors (Lipinski definition) is 1. The normalized spacial score (nSPS) is 23.6. The summed E-state index contributed by atoms with van der Waals surface area (Å²) in [6.45, 7) is 11.8. The summed E-state index contributed by atoms with van der Waals surface area (Å²) in [5.74, 6) is 0.803. The van der Waals surface area contributed by atoms with E-state index in [1.807, 2.05) is 0 Å². The summed E-state index contributed by atoms with van der Waals surface area (Å²) in [4.78, 5) is 2.69. The molecule has 0 aromatic rings. The lowest BCUT2D eigenvalue weighted by molar-refractivity contribution is 0.130. The summed E-state index contributed by atoms with van der Waals surface area (Å²) >= 11 is 0. The Morgan fingerprint density at radius 2 is 2.13 bits per heavy atom. The Labute approximate surface area is 95.4 Å². The van der Waals surface area contributed by atoms with E-state index in [1.165, 1.54) is 51.9 Å². The van der Waals surface area contributed by atoms with Crippen molar-refractivity contribution in [3.8, 4) is 0 Å². The van der Waals surface area contributed by atoms with Crippen molar-refractivity contribution in [2.24, 2.45) is 5.92 Å². The molecule has 1 fully saturated rings. The Hall–Kier alpha value is -0.0800. The average molecular weight is 212 g/mol. The van der Waals surface area contributed by atoms with Crippen LogP contribution < -0.4 is 5.32 Å².